The summed E-state index contributed by atoms with van der Waals surface area (Å²) in [7, 11) is -3.72. The fraction of sp³-hybridized carbons (Fsp3) is 1.00. The molecule has 1 saturated heterocycles. The minimum absolute atomic E-state index is 0.314. The SMILES string of the molecule is CCCOC1OC1CS(=O)(=O)N=[N+]=[N-]. The molecule has 0 aliphatic carbocycles. The van der Waals surface area contributed by atoms with Gasteiger partial charge in [-0.25, -0.2) is 8.42 Å². The van der Waals surface area contributed by atoms with Crippen LogP contribution in [0.2, 0.25) is 0 Å². The Bertz CT molecular complexity index is 335. The smallest absolute Gasteiger partial charge is 0.238 e. The monoisotopic (exact) mass is 221 g/mol. The van der Waals surface area contributed by atoms with Gasteiger partial charge >= 0.3 is 0 Å². The lowest BCUT2D eigenvalue weighted by Gasteiger charge is -1.95. The van der Waals surface area contributed by atoms with Gasteiger partial charge in [0.2, 0.25) is 10.0 Å². The second-order valence-corrected chi connectivity index (χ2v) is 4.49. The van der Waals surface area contributed by atoms with Gasteiger partial charge in [-0.15, -0.1) is 0 Å². The first-order valence-electron chi connectivity index (χ1n) is 4.15. The van der Waals surface area contributed by atoms with Crippen molar-refractivity contribution in [3.8, 4) is 0 Å². The average molecular weight is 221 g/mol. The molecule has 0 amide bonds. The van der Waals surface area contributed by atoms with Crippen LogP contribution >= 0.6 is 0 Å². The van der Waals surface area contributed by atoms with Gasteiger partial charge in [-0.3, -0.25) is 0 Å². The third-order valence-corrected chi connectivity index (χ3v) is 2.63. The van der Waals surface area contributed by atoms with Gasteiger partial charge in [0, 0.05) is 16.0 Å². The Hall–Kier alpha value is -0.820. The first-order chi connectivity index (χ1) is 6.59. The second kappa shape index (κ2) is 4.61. The van der Waals surface area contributed by atoms with Crippen molar-refractivity contribution in [1.29, 1.82) is 0 Å². The molecular formula is C6H11N3O4S. The van der Waals surface area contributed by atoms with E-state index in [2.05, 4.69) is 9.43 Å². The van der Waals surface area contributed by atoms with E-state index in [4.69, 9.17) is 15.0 Å². The minimum atomic E-state index is -3.72. The summed E-state index contributed by atoms with van der Waals surface area (Å²) in [6.07, 6.45) is -0.106. The first-order valence-corrected chi connectivity index (χ1v) is 5.76. The van der Waals surface area contributed by atoms with Gasteiger partial charge in [-0.1, -0.05) is 6.92 Å². The van der Waals surface area contributed by atoms with Crippen molar-refractivity contribution in [2.24, 2.45) is 4.52 Å². The van der Waals surface area contributed by atoms with Gasteiger partial charge in [0.25, 0.3) is 0 Å². The van der Waals surface area contributed by atoms with Crippen molar-refractivity contribution in [2.75, 3.05) is 12.4 Å². The van der Waals surface area contributed by atoms with E-state index < -0.39 is 22.4 Å². The van der Waals surface area contributed by atoms with E-state index in [0.717, 1.165) is 6.42 Å². The van der Waals surface area contributed by atoms with Crippen LogP contribution in [0.15, 0.2) is 4.52 Å². The van der Waals surface area contributed by atoms with Crippen LogP contribution in [0, 0.1) is 0 Å². The maximum absolute atomic E-state index is 10.9. The van der Waals surface area contributed by atoms with Gasteiger partial charge in [0.05, 0.1) is 5.75 Å². The summed E-state index contributed by atoms with van der Waals surface area (Å²) in [4.78, 5) is 2.22. The van der Waals surface area contributed by atoms with Crippen molar-refractivity contribution >= 4 is 10.0 Å². The molecule has 8 heteroatoms. The quantitative estimate of drug-likeness (QED) is 0.286. The lowest BCUT2D eigenvalue weighted by atomic mass is 10.5. The van der Waals surface area contributed by atoms with E-state index in [0.29, 0.717) is 6.61 Å². The molecule has 0 aromatic rings. The zero-order valence-corrected chi connectivity index (χ0v) is 8.48. The summed E-state index contributed by atoms with van der Waals surface area (Å²) >= 11 is 0. The zero-order valence-electron chi connectivity index (χ0n) is 7.66. The largest absolute Gasteiger partial charge is 0.350 e. The van der Waals surface area contributed by atoms with E-state index in [1.54, 1.807) is 0 Å². The van der Waals surface area contributed by atoms with E-state index in [1.165, 1.54) is 0 Å². The topological polar surface area (TPSA) is 105 Å². The van der Waals surface area contributed by atoms with Crippen LogP contribution in [-0.2, 0) is 19.5 Å². The number of nitrogens with zero attached hydrogens (tertiary/aromatic N) is 3. The van der Waals surface area contributed by atoms with Gasteiger partial charge in [0.15, 0.2) is 6.29 Å². The van der Waals surface area contributed by atoms with Crippen LogP contribution in [0.4, 0.5) is 0 Å². The Labute approximate surface area is 81.7 Å². The fourth-order valence-electron chi connectivity index (χ4n) is 0.922. The average Bonchev–Trinajstić information content (AvgIpc) is 2.79. The normalized spacial score (nSPS) is 25.5. The molecule has 0 radical (unpaired) electrons. The number of epoxide rings is 1. The zero-order chi connectivity index (χ0) is 10.6. The van der Waals surface area contributed by atoms with Gasteiger partial charge < -0.3 is 9.47 Å². The molecule has 0 saturated carbocycles. The van der Waals surface area contributed by atoms with Crippen LogP contribution in [0.1, 0.15) is 13.3 Å². The molecule has 1 rings (SSSR count). The molecule has 2 unspecified atom stereocenters. The molecule has 0 N–H and O–H groups in total. The summed E-state index contributed by atoms with van der Waals surface area (Å²) in [5.74, 6) is -0.314. The molecule has 7 nitrogen and oxygen atoms in total. The Kier molecular flexibility index (Phi) is 3.70. The Balaban J connectivity index is 2.32. The lowest BCUT2D eigenvalue weighted by Crippen LogP contribution is -2.11. The van der Waals surface area contributed by atoms with Crippen LogP contribution in [0.5, 0.6) is 0 Å². The molecular weight excluding hydrogens is 210 g/mol. The van der Waals surface area contributed by atoms with Crippen molar-refractivity contribution in [1.82, 2.24) is 0 Å². The summed E-state index contributed by atoms with van der Waals surface area (Å²) < 4.78 is 34.6. The summed E-state index contributed by atoms with van der Waals surface area (Å²) in [5, 5.41) is 0. The van der Waals surface area contributed by atoms with E-state index in [-0.39, 0.29) is 5.75 Å². The Morgan fingerprint density at radius 2 is 2.36 bits per heavy atom. The molecule has 0 spiro atoms. The maximum Gasteiger partial charge on any atom is 0.238 e. The molecule has 1 heterocycles. The fourth-order valence-corrected chi connectivity index (χ4v) is 1.75. The Morgan fingerprint density at radius 1 is 1.64 bits per heavy atom. The molecule has 14 heavy (non-hydrogen) atoms. The lowest BCUT2D eigenvalue weighted by molar-refractivity contribution is 0.0507. The van der Waals surface area contributed by atoms with Crippen LogP contribution in [-0.4, -0.2) is 33.2 Å². The molecule has 1 fully saturated rings. The molecule has 80 valence electrons. The first kappa shape index (κ1) is 11.3. The number of ether oxygens (including phenoxy) is 2. The van der Waals surface area contributed by atoms with Gasteiger partial charge in [-0.2, -0.15) is 0 Å². The highest BCUT2D eigenvalue weighted by atomic mass is 32.2. The number of hydrogen-bond acceptors (Lipinski definition) is 4. The Morgan fingerprint density at radius 3 is 2.93 bits per heavy atom. The highest BCUT2D eigenvalue weighted by Crippen LogP contribution is 2.25. The molecule has 0 aromatic carbocycles. The summed E-state index contributed by atoms with van der Waals surface area (Å²) in [6, 6.07) is 0. The van der Waals surface area contributed by atoms with Gasteiger partial charge in [-0.05, 0) is 12.0 Å². The highest BCUT2D eigenvalue weighted by Gasteiger charge is 2.42. The maximum atomic E-state index is 10.9. The molecule has 1 aliphatic heterocycles. The van der Waals surface area contributed by atoms with Crippen molar-refractivity contribution in [3.05, 3.63) is 10.4 Å². The second-order valence-electron chi connectivity index (χ2n) is 2.83. The third kappa shape index (κ3) is 3.51. The number of hydrogen-bond donors (Lipinski definition) is 0. The predicted octanol–water partition coefficient (Wildman–Crippen LogP) is 0.778. The standard InChI is InChI=1S/C6H11N3O4S/c1-2-3-12-6-5(13-6)4-14(10,11)9-8-7/h5-6H,2-4H2,1H3. The minimum Gasteiger partial charge on any atom is -0.350 e. The summed E-state index contributed by atoms with van der Waals surface area (Å²) in [5.41, 5.74) is 7.95. The molecule has 1 aliphatic rings. The number of azide groups is 1. The molecule has 0 bridgehead atoms. The number of rotatable bonds is 6. The van der Waals surface area contributed by atoms with E-state index in [9.17, 15) is 8.42 Å². The van der Waals surface area contributed by atoms with E-state index in [1.807, 2.05) is 6.92 Å². The van der Waals surface area contributed by atoms with Gasteiger partial charge in [0.1, 0.15) is 6.10 Å². The van der Waals surface area contributed by atoms with Crippen molar-refractivity contribution in [2.45, 2.75) is 25.7 Å². The number of sulfonamides is 1. The predicted molar refractivity (Wildman–Crippen MR) is 47.8 cm³/mol. The van der Waals surface area contributed by atoms with Crippen molar-refractivity contribution < 1.29 is 17.9 Å². The van der Waals surface area contributed by atoms with Crippen LogP contribution < -0.4 is 0 Å². The third-order valence-electron chi connectivity index (χ3n) is 1.56. The summed E-state index contributed by atoms with van der Waals surface area (Å²) in [6.45, 7) is 2.47. The molecule has 2 atom stereocenters. The van der Waals surface area contributed by atoms with Crippen LogP contribution in [0.25, 0.3) is 10.4 Å². The van der Waals surface area contributed by atoms with Crippen molar-refractivity contribution in [3.63, 3.8) is 0 Å². The highest BCUT2D eigenvalue weighted by molar-refractivity contribution is 7.90. The van der Waals surface area contributed by atoms with E-state index >= 15 is 0 Å². The van der Waals surface area contributed by atoms with Crippen LogP contribution in [0.3, 0.4) is 0 Å². The molecule has 0 aromatic heterocycles.